The van der Waals surface area contributed by atoms with E-state index in [4.69, 9.17) is 8.92 Å². The van der Waals surface area contributed by atoms with Gasteiger partial charge in [0.15, 0.2) is 5.78 Å². The average molecular weight is 206 g/mol. The standard InChI is InChI=1S/C7H10O5S/c1-13(9,10)12-6-3-4-2-5(8)7(6)11-4/h4,6-7H,2-3H2,1H3/t4-,6-,7+/m1/s1. The molecule has 74 valence electrons. The topological polar surface area (TPSA) is 69.7 Å². The van der Waals surface area contributed by atoms with E-state index in [1.54, 1.807) is 0 Å². The molecule has 6 heteroatoms. The Balaban J connectivity index is 2.08. The first-order chi connectivity index (χ1) is 5.96. The van der Waals surface area contributed by atoms with Gasteiger partial charge in [-0.25, -0.2) is 0 Å². The highest BCUT2D eigenvalue weighted by atomic mass is 32.2. The van der Waals surface area contributed by atoms with Gasteiger partial charge in [-0.05, 0) is 0 Å². The Morgan fingerprint density at radius 1 is 1.54 bits per heavy atom. The number of carbonyl (C=O) groups is 1. The quantitative estimate of drug-likeness (QED) is 0.567. The molecule has 2 fully saturated rings. The second kappa shape index (κ2) is 2.76. The molecular formula is C7H10O5S. The minimum Gasteiger partial charge on any atom is -0.364 e. The van der Waals surface area contributed by atoms with Gasteiger partial charge in [0.25, 0.3) is 10.1 Å². The molecule has 2 aliphatic rings. The fourth-order valence-electron chi connectivity index (χ4n) is 1.80. The molecule has 0 aromatic carbocycles. The highest BCUT2D eigenvalue weighted by molar-refractivity contribution is 7.86. The Bertz CT molecular complexity index is 333. The van der Waals surface area contributed by atoms with Crippen LogP contribution in [0, 0.1) is 0 Å². The van der Waals surface area contributed by atoms with E-state index in [9.17, 15) is 13.2 Å². The Morgan fingerprint density at radius 2 is 2.23 bits per heavy atom. The minimum absolute atomic E-state index is 0.0510. The smallest absolute Gasteiger partial charge is 0.264 e. The molecule has 0 aliphatic carbocycles. The van der Waals surface area contributed by atoms with Crippen LogP contribution in [0.5, 0.6) is 0 Å². The summed E-state index contributed by atoms with van der Waals surface area (Å²) in [7, 11) is -3.49. The van der Waals surface area contributed by atoms with E-state index in [1.807, 2.05) is 0 Å². The molecule has 2 aliphatic heterocycles. The maximum absolute atomic E-state index is 11.1. The number of ether oxygens (including phenoxy) is 1. The molecule has 3 atom stereocenters. The first kappa shape index (κ1) is 9.11. The molecule has 13 heavy (non-hydrogen) atoms. The Morgan fingerprint density at radius 3 is 2.69 bits per heavy atom. The van der Waals surface area contributed by atoms with Gasteiger partial charge in [0.05, 0.1) is 12.4 Å². The summed E-state index contributed by atoms with van der Waals surface area (Å²) in [6.07, 6.45) is 0.492. The zero-order chi connectivity index (χ0) is 9.64. The molecule has 2 saturated heterocycles. The molecule has 0 amide bonds. The van der Waals surface area contributed by atoms with Crippen LogP contribution in [-0.4, -0.2) is 38.8 Å². The molecule has 0 saturated carbocycles. The summed E-state index contributed by atoms with van der Waals surface area (Å²) < 4.78 is 31.5. The third kappa shape index (κ3) is 1.74. The number of ketones is 1. The van der Waals surface area contributed by atoms with Crippen LogP contribution in [0.25, 0.3) is 0 Å². The molecule has 2 bridgehead atoms. The van der Waals surface area contributed by atoms with Crippen molar-refractivity contribution in [2.45, 2.75) is 31.2 Å². The van der Waals surface area contributed by atoms with Gasteiger partial charge in [-0.1, -0.05) is 0 Å². The first-order valence-corrected chi connectivity index (χ1v) is 5.84. The van der Waals surface area contributed by atoms with Crippen molar-refractivity contribution in [1.29, 1.82) is 0 Å². The lowest BCUT2D eigenvalue weighted by Gasteiger charge is -2.16. The lowest BCUT2D eigenvalue weighted by atomic mass is 9.97. The molecule has 0 spiro atoms. The summed E-state index contributed by atoms with van der Waals surface area (Å²) in [4.78, 5) is 11.1. The summed E-state index contributed by atoms with van der Waals surface area (Å²) in [6, 6.07) is 0. The van der Waals surface area contributed by atoms with Gasteiger partial charge in [-0.2, -0.15) is 8.42 Å². The Labute approximate surface area is 76.1 Å². The van der Waals surface area contributed by atoms with Crippen molar-refractivity contribution < 1.29 is 22.1 Å². The minimum atomic E-state index is -3.49. The molecule has 2 heterocycles. The van der Waals surface area contributed by atoms with E-state index >= 15 is 0 Å². The fraction of sp³-hybridized carbons (Fsp3) is 0.857. The molecule has 5 nitrogen and oxygen atoms in total. The molecule has 0 N–H and O–H groups in total. The molecule has 0 unspecified atom stereocenters. The monoisotopic (exact) mass is 206 g/mol. The Kier molecular flexibility index (Phi) is 1.94. The number of carbonyl (C=O) groups excluding carboxylic acids is 1. The third-order valence-corrected chi connectivity index (χ3v) is 2.81. The molecule has 0 aromatic rings. The maximum atomic E-state index is 11.1. The SMILES string of the molecule is CS(=O)(=O)O[C@@H]1C[C@H]2CC(=O)[C@@H]1O2. The average Bonchev–Trinajstić information content (AvgIpc) is 2.40. The van der Waals surface area contributed by atoms with Crippen molar-refractivity contribution in [2.75, 3.05) is 6.26 Å². The van der Waals surface area contributed by atoms with E-state index in [1.165, 1.54) is 0 Å². The van der Waals surface area contributed by atoms with E-state index < -0.39 is 22.3 Å². The molecule has 0 radical (unpaired) electrons. The fourth-order valence-corrected chi connectivity index (χ4v) is 2.43. The second-order valence-electron chi connectivity index (χ2n) is 3.42. The predicted octanol–water partition coefficient (Wildman–Crippen LogP) is -0.538. The van der Waals surface area contributed by atoms with Crippen LogP contribution in [0.4, 0.5) is 0 Å². The van der Waals surface area contributed by atoms with Gasteiger partial charge >= 0.3 is 0 Å². The highest BCUT2D eigenvalue weighted by Crippen LogP contribution is 2.34. The number of rotatable bonds is 2. The molecular weight excluding hydrogens is 196 g/mol. The van der Waals surface area contributed by atoms with Crippen LogP contribution >= 0.6 is 0 Å². The summed E-state index contributed by atoms with van der Waals surface area (Å²) in [6.45, 7) is 0. The van der Waals surface area contributed by atoms with Crippen LogP contribution in [0.3, 0.4) is 0 Å². The highest BCUT2D eigenvalue weighted by Gasteiger charge is 2.48. The van der Waals surface area contributed by atoms with Crippen molar-refractivity contribution in [1.82, 2.24) is 0 Å². The lowest BCUT2D eigenvalue weighted by molar-refractivity contribution is -0.124. The van der Waals surface area contributed by atoms with Gasteiger partial charge in [0, 0.05) is 12.8 Å². The number of Topliss-reactive ketones (excluding diaryl/α,β-unsaturated/α-hetero) is 1. The van der Waals surface area contributed by atoms with Gasteiger partial charge in [-0.3, -0.25) is 8.98 Å². The third-order valence-electron chi connectivity index (χ3n) is 2.22. The van der Waals surface area contributed by atoms with Crippen LogP contribution in [-0.2, 0) is 23.8 Å². The van der Waals surface area contributed by atoms with Crippen molar-refractivity contribution in [3.63, 3.8) is 0 Å². The van der Waals surface area contributed by atoms with Crippen molar-refractivity contribution in [3.05, 3.63) is 0 Å². The molecule has 0 aromatic heterocycles. The zero-order valence-electron chi connectivity index (χ0n) is 7.10. The van der Waals surface area contributed by atoms with Crippen LogP contribution in [0.1, 0.15) is 12.8 Å². The number of hydrogen-bond acceptors (Lipinski definition) is 5. The van der Waals surface area contributed by atoms with Crippen molar-refractivity contribution in [2.24, 2.45) is 0 Å². The summed E-state index contributed by atoms with van der Waals surface area (Å²) in [5.74, 6) is -0.0510. The van der Waals surface area contributed by atoms with Crippen molar-refractivity contribution in [3.8, 4) is 0 Å². The largest absolute Gasteiger partial charge is 0.364 e. The molecule has 2 rings (SSSR count). The van der Waals surface area contributed by atoms with Crippen LogP contribution < -0.4 is 0 Å². The van der Waals surface area contributed by atoms with Gasteiger partial charge in [0.2, 0.25) is 0 Å². The first-order valence-electron chi connectivity index (χ1n) is 4.02. The van der Waals surface area contributed by atoms with E-state index in [-0.39, 0.29) is 11.9 Å². The van der Waals surface area contributed by atoms with Gasteiger partial charge < -0.3 is 4.74 Å². The number of fused-ring (bicyclic) bond motifs is 2. The van der Waals surface area contributed by atoms with E-state index in [0.717, 1.165) is 6.26 Å². The Hall–Kier alpha value is -0.460. The lowest BCUT2D eigenvalue weighted by Crippen LogP contribution is -2.34. The second-order valence-corrected chi connectivity index (χ2v) is 5.02. The summed E-state index contributed by atoms with van der Waals surface area (Å²) >= 11 is 0. The number of hydrogen-bond donors (Lipinski definition) is 0. The van der Waals surface area contributed by atoms with Gasteiger partial charge in [-0.15, -0.1) is 0 Å². The predicted molar refractivity (Wildman–Crippen MR) is 42.6 cm³/mol. The van der Waals surface area contributed by atoms with E-state index in [0.29, 0.717) is 12.8 Å². The summed E-state index contributed by atoms with van der Waals surface area (Å²) in [5, 5.41) is 0. The van der Waals surface area contributed by atoms with Crippen molar-refractivity contribution >= 4 is 15.9 Å². The maximum Gasteiger partial charge on any atom is 0.264 e. The van der Waals surface area contributed by atoms with Crippen LogP contribution in [0.2, 0.25) is 0 Å². The van der Waals surface area contributed by atoms with Crippen LogP contribution in [0.15, 0.2) is 0 Å². The van der Waals surface area contributed by atoms with E-state index in [2.05, 4.69) is 0 Å². The normalized spacial score (nSPS) is 38.5. The van der Waals surface area contributed by atoms with Gasteiger partial charge in [0.1, 0.15) is 12.2 Å². The zero-order valence-corrected chi connectivity index (χ0v) is 7.91. The summed E-state index contributed by atoms with van der Waals surface area (Å²) in [5.41, 5.74) is 0.